The molecule has 0 aromatic carbocycles. The number of hydrogen-bond donors (Lipinski definition) is 0. The van der Waals surface area contributed by atoms with Crippen molar-refractivity contribution in [1.82, 2.24) is 0 Å². The number of rotatable bonds is 21. The fourth-order valence-electron chi connectivity index (χ4n) is 3.60. The summed E-state index contributed by atoms with van der Waals surface area (Å²) in [5.41, 5.74) is 0. The molecule has 30 heavy (non-hydrogen) atoms. The van der Waals surface area contributed by atoms with Gasteiger partial charge in [-0.3, -0.25) is 0 Å². The molecular formula is C28H58OSi. The Hall–Kier alpha value is -0.0831. The SMILES string of the molecule is CCCCCCCCCC/C=C\CCCCCCCCCCO[Si](C)(C)C(C)(C)C. The van der Waals surface area contributed by atoms with Gasteiger partial charge >= 0.3 is 0 Å². The van der Waals surface area contributed by atoms with Crippen molar-refractivity contribution in [3.8, 4) is 0 Å². The van der Waals surface area contributed by atoms with Crippen LogP contribution < -0.4 is 0 Å². The van der Waals surface area contributed by atoms with E-state index in [1.165, 1.54) is 116 Å². The van der Waals surface area contributed by atoms with E-state index in [1.807, 2.05) is 0 Å². The molecule has 0 saturated heterocycles. The van der Waals surface area contributed by atoms with Crippen LogP contribution in [0.3, 0.4) is 0 Å². The topological polar surface area (TPSA) is 9.23 Å². The molecule has 0 N–H and O–H groups in total. The number of allylic oxidation sites excluding steroid dienone is 2. The lowest BCUT2D eigenvalue weighted by molar-refractivity contribution is 0.277. The Morgan fingerprint density at radius 3 is 1.33 bits per heavy atom. The number of hydrogen-bond acceptors (Lipinski definition) is 1. The molecule has 0 spiro atoms. The van der Waals surface area contributed by atoms with E-state index < -0.39 is 8.32 Å². The van der Waals surface area contributed by atoms with Crippen LogP contribution in [0, 0.1) is 0 Å². The van der Waals surface area contributed by atoms with Crippen LogP contribution in [0.15, 0.2) is 12.2 Å². The molecule has 0 unspecified atom stereocenters. The smallest absolute Gasteiger partial charge is 0.191 e. The molecule has 0 atom stereocenters. The third-order valence-corrected chi connectivity index (χ3v) is 11.5. The summed E-state index contributed by atoms with van der Waals surface area (Å²) >= 11 is 0. The summed E-state index contributed by atoms with van der Waals surface area (Å²) < 4.78 is 6.26. The van der Waals surface area contributed by atoms with Crippen molar-refractivity contribution in [2.75, 3.05) is 6.61 Å². The highest BCUT2D eigenvalue weighted by Crippen LogP contribution is 2.36. The zero-order chi connectivity index (χ0) is 22.6. The molecule has 0 saturated carbocycles. The van der Waals surface area contributed by atoms with E-state index in [-0.39, 0.29) is 0 Å². The van der Waals surface area contributed by atoms with Crippen molar-refractivity contribution in [2.45, 2.75) is 161 Å². The largest absolute Gasteiger partial charge is 0.417 e. The van der Waals surface area contributed by atoms with E-state index in [0.717, 1.165) is 6.61 Å². The number of unbranched alkanes of at least 4 members (excludes halogenated alkanes) is 16. The lowest BCUT2D eigenvalue weighted by Gasteiger charge is -2.36. The van der Waals surface area contributed by atoms with Gasteiger partial charge in [0.1, 0.15) is 0 Å². The van der Waals surface area contributed by atoms with E-state index in [4.69, 9.17) is 4.43 Å². The summed E-state index contributed by atoms with van der Waals surface area (Å²) in [7, 11) is -1.53. The molecule has 0 aliphatic carbocycles. The first-order chi connectivity index (χ1) is 14.3. The summed E-state index contributed by atoms with van der Waals surface area (Å²) in [6.45, 7) is 15.0. The molecule has 0 aliphatic heterocycles. The molecular weight excluding hydrogens is 380 g/mol. The molecule has 2 heteroatoms. The van der Waals surface area contributed by atoms with Gasteiger partial charge in [0, 0.05) is 6.61 Å². The van der Waals surface area contributed by atoms with Crippen LogP contribution in [0.5, 0.6) is 0 Å². The van der Waals surface area contributed by atoms with Crippen LogP contribution in [-0.2, 0) is 4.43 Å². The fraction of sp³-hybridized carbons (Fsp3) is 0.929. The summed E-state index contributed by atoms with van der Waals surface area (Å²) in [4.78, 5) is 0. The first-order valence-corrected chi connectivity index (χ1v) is 16.5. The molecule has 0 bridgehead atoms. The summed E-state index contributed by atoms with van der Waals surface area (Å²) in [5, 5.41) is 0.343. The Kier molecular flexibility index (Phi) is 19.5. The minimum atomic E-state index is -1.53. The third-order valence-electron chi connectivity index (χ3n) is 6.93. The molecule has 0 radical (unpaired) electrons. The summed E-state index contributed by atoms with van der Waals surface area (Å²) in [5.74, 6) is 0. The van der Waals surface area contributed by atoms with Crippen molar-refractivity contribution < 1.29 is 4.43 Å². The van der Waals surface area contributed by atoms with Crippen LogP contribution in [0.25, 0.3) is 0 Å². The zero-order valence-corrected chi connectivity index (χ0v) is 23.0. The third kappa shape index (κ3) is 18.7. The van der Waals surface area contributed by atoms with E-state index in [0.29, 0.717) is 5.04 Å². The first kappa shape index (κ1) is 29.9. The molecule has 0 heterocycles. The Bertz CT molecular complexity index is 381. The summed E-state index contributed by atoms with van der Waals surface area (Å²) in [6, 6.07) is 0. The van der Waals surface area contributed by atoms with Crippen LogP contribution in [0.4, 0.5) is 0 Å². The van der Waals surface area contributed by atoms with Gasteiger partial charge in [-0.15, -0.1) is 0 Å². The van der Waals surface area contributed by atoms with Gasteiger partial charge in [0.25, 0.3) is 0 Å². The average molecular weight is 439 g/mol. The van der Waals surface area contributed by atoms with Gasteiger partial charge in [0.2, 0.25) is 0 Å². The van der Waals surface area contributed by atoms with Crippen molar-refractivity contribution >= 4 is 8.32 Å². The minimum Gasteiger partial charge on any atom is -0.417 e. The first-order valence-electron chi connectivity index (χ1n) is 13.6. The van der Waals surface area contributed by atoms with E-state index in [1.54, 1.807) is 0 Å². The van der Waals surface area contributed by atoms with E-state index in [2.05, 4.69) is 52.9 Å². The molecule has 0 amide bonds. The van der Waals surface area contributed by atoms with Crippen molar-refractivity contribution in [3.63, 3.8) is 0 Å². The second kappa shape index (κ2) is 19.6. The average Bonchev–Trinajstić information content (AvgIpc) is 2.68. The molecule has 0 aliphatic rings. The van der Waals surface area contributed by atoms with Crippen LogP contribution in [0.1, 0.15) is 143 Å². The normalized spacial score (nSPS) is 12.9. The molecule has 180 valence electrons. The highest BCUT2D eigenvalue weighted by atomic mass is 28.4. The zero-order valence-electron chi connectivity index (χ0n) is 22.0. The second-order valence-corrected chi connectivity index (χ2v) is 15.8. The van der Waals surface area contributed by atoms with Crippen molar-refractivity contribution in [2.24, 2.45) is 0 Å². The highest BCUT2D eigenvalue weighted by molar-refractivity contribution is 6.74. The maximum Gasteiger partial charge on any atom is 0.191 e. The predicted octanol–water partition coefficient (Wildman–Crippen LogP) is 10.6. The standard InChI is InChI=1S/C28H58OSi/c1-7-8-9-10-11-12-13-14-15-16-17-18-19-20-21-22-23-24-25-26-27-29-30(5,6)28(2,3)4/h16-17H,7-15,18-27H2,1-6H3/b17-16-. The Balaban J connectivity index is 3.25. The van der Waals surface area contributed by atoms with Crippen molar-refractivity contribution in [3.05, 3.63) is 12.2 Å². The molecule has 0 aromatic rings. The second-order valence-electron chi connectivity index (χ2n) is 11.0. The Morgan fingerprint density at radius 2 is 0.933 bits per heavy atom. The maximum absolute atomic E-state index is 6.26. The van der Waals surface area contributed by atoms with Gasteiger partial charge in [0.05, 0.1) is 0 Å². The van der Waals surface area contributed by atoms with Gasteiger partial charge in [-0.1, -0.05) is 123 Å². The summed E-state index contributed by atoms with van der Waals surface area (Å²) in [6.07, 6.45) is 29.9. The molecule has 1 nitrogen and oxygen atoms in total. The van der Waals surface area contributed by atoms with E-state index in [9.17, 15) is 0 Å². The maximum atomic E-state index is 6.26. The predicted molar refractivity (Wildman–Crippen MR) is 141 cm³/mol. The fourth-order valence-corrected chi connectivity index (χ4v) is 4.69. The monoisotopic (exact) mass is 438 g/mol. The van der Waals surface area contributed by atoms with Gasteiger partial charge in [-0.05, 0) is 50.2 Å². The quantitative estimate of drug-likeness (QED) is 0.0983. The van der Waals surface area contributed by atoms with Gasteiger partial charge < -0.3 is 4.43 Å². The van der Waals surface area contributed by atoms with Crippen LogP contribution in [-0.4, -0.2) is 14.9 Å². The Labute approximate surface area is 193 Å². The molecule has 0 fully saturated rings. The Morgan fingerprint density at radius 1 is 0.567 bits per heavy atom. The lowest BCUT2D eigenvalue weighted by Crippen LogP contribution is -2.40. The molecule has 0 aromatic heterocycles. The van der Waals surface area contributed by atoms with Crippen LogP contribution in [0.2, 0.25) is 18.1 Å². The van der Waals surface area contributed by atoms with Gasteiger partial charge in [0.15, 0.2) is 8.32 Å². The van der Waals surface area contributed by atoms with E-state index >= 15 is 0 Å². The van der Waals surface area contributed by atoms with Crippen LogP contribution >= 0.6 is 0 Å². The highest BCUT2D eigenvalue weighted by Gasteiger charge is 2.36. The lowest BCUT2D eigenvalue weighted by atomic mass is 10.1. The van der Waals surface area contributed by atoms with Gasteiger partial charge in [-0.25, -0.2) is 0 Å². The molecule has 0 rings (SSSR count). The van der Waals surface area contributed by atoms with Crippen molar-refractivity contribution in [1.29, 1.82) is 0 Å². The van der Waals surface area contributed by atoms with Gasteiger partial charge in [-0.2, -0.15) is 0 Å². The minimum absolute atomic E-state index is 0.343.